The Kier molecular flexibility index (Phi) is 4.95. The Balaban J connectivity index is 1.50. The number of amides is 2. The van der Waals surface area contributed by atoms with E-state index >= 15 is 0 Å². The highest BCUT2D eigenvalue weighted by atomic mass is 16.3. The second kappa shape index (κ2) is 7.31. The van der Waals surface area contributed by atoms with Gasteiger partial charge in [-0.1, -0.05) is 0 Å². The van der Waals surface area contributed by atoms with Gasteiger partial charge in [0.15, 0.2) is 11.6 Å². The first-order chi connectivity index (χ1) is 11.6. The van der Waals surface area contributed by atoms with Crippen molar-refractivity contribution in [2.75, 3.05) is 38.0 Å². The van der Waals surface area contributed by atoms with Gasteiger partial charge in [-0.05, 0) is 18.6 Å². The number of nitrogens with zero attached hydrogens (tertiary/aromatic N) is 4. The van der Waals surface area contributed by atoms with E-state index in [1.165, 1.54) is 6.26 Å². The van der Waals surface area contributed by atoms with Crippen LogP contribution >= 0.6 is 0 Å². The fourth-order valence-corrected chi connectivity index (χ4v) is 2.76. The van der Waals surface area contributed by atoms with Crippen LogP contribution in [0.5, 0.6) is 0 Å². The van der Waals surface area contributed by atoms with Gasteiger partial charge in [-0.15, -0.1) is 0 Å². The molecule has 3 rings (SSSR count). The van der Waals surface area contributed by atoms with E-state index in [0.717, 1.165) is 13.0 Å². The Morgan fingerprint density at radius 2 is 2.12 bits per heavy atom. The molecule has 0 saturated carbocycles. The van der Waals surface area contributed by atoms with E-state index in [4.69, 9.17) is 4.42 Å². The van der Waals surface area contributed by atoms with Crippen LogP contribution in [0.1, 0.15) is 17.0 Å². The number of hydrogen-bond acceptors (Lipinski definition) is 5. The summed E-state index contributed by atoms with van der Waals surface area (Å²) in [6.07, 6.45) is 4.10. The Morgan fingerprint density at radius 3 is 2.83 bits per heavy atom. The molecule has 2 aromatic heterocycles. The van der Waals surface area contributed by atoms with Gasteiger partial charge < -0.3 is 14.6 Å². The second-order valence-electron chi connectivity index (χ2n) is 5.82. The lowest BCUT2D eigenvalue weighted by atomic mass is 10.3. The van der Waals surface area contributed by atoms with Gasteiger partial charge in [0.05, 0.1) is 12.8 Å². The summed E-state index contributed by atoms with van der Waals surface area (Å²) < 4.78 is 6.81. The molecule has 1 N–H and O–H groups in total. The first kappa shape index (κ1) is 16.3. The van der Waals surface area contributed by atoms with Crippen molar-refractivity contribution in [2.24, 2.45) is 7.05 Å². The quantitative estimate of drug-likeness (QED) is 0.896. The normalized spacial score (nSPS) is 16.0. The summed E-state index contributed by atoms with van der Waals surface area (Å²) in [5, 5.41) is 6.91. The minimum Gasteiger partial charge on any atom is -0.459 e. The highest BCUT2D eigenvalue weighted by molar-refractivity contribution is 5.92. The van der Waals surface area contributed by atoms with E-state index < -0.39 is 0 Å². The summed E-state index contributed by atoms with van der Waals surface area (Å²) in [4.78, 5) is 28.2. The van der Waals surface area contributed by atoms with E-state index in [9.17, 15) is 9.59 Å². The number of nitrogens with one attached hydrogen (secondary N) is 1. The molecule has 1 aliphatic heterocycles. The summed E-state index contributed by atoms with van der Waals surface area (Å²) in [6.45, 7) is 2.97. The first-order valence-electron chi connectivity index (χ1n) is 7.96. The van der Waals surface area contributed by atoms with Crippen LogP contribution in [0.25, 0.3) is 0 Å². The summed E-state index contributed by atoms with van der Waals surface area (Å²) in [7, 11) is 1.80. The molecule has 1 fully saturated rings. The lowest BCUT2D eigenvalue weighted by molar-refractivity contribution is -0.117. The molecule has 8 nitrogen and oxygen atoms in total. The van der Waals surface area contributed by atoms with Gasteiger partial charge >= 0.3 is 0 Å². The maximum Gasteiger partial charge on any atom is 0.289 e. The van der Waals surface area contributed by atoms with Crippen molar-refractivity contribution in [1.82, 2.24) is 19.6 Å². The summed E-state index contributed by atoms with van der Waals surface area (Å²) in [6, 6.07) is 5.13. The number of furan rings is 1. The molecule has 1 saturated heterocycles. The van der Waals surface area contributed by atoms with Crippen LogP contribution in [0.2, 0.25) is 0 Å². The number of carbonyl (C=O) groups is 2. The molecule has 0 bridgehead atoms. The molecule has 3 heterocycles. The van der Waals surface area contributed by atoms with Crippen molar-refractivity contribution in [3.63, 3.8) is 0 Å². The van der Waals surface area contributed by atoms with Gasteiger partial charge in [-0.2, -0.15) is 5.10 Å². The monoisotopic (exact) mass is 331 g/mol. The predicted molar refractivity (Wildman–Crippen MR) is 87.5 cm³/mol. The molecule has 0 radical (unpaired) electrons. The highest BCUT2D eigenvalue weighted by Gasteiger charge is 2.22. The molecular formula is C16H21N5O3. The van der Waals surface area contributed by atoms with Crippen LogP contribution in [-0.4, -0.2) is 64.1 Å². The van der Waals surface area contributed by atoms with Crippen molar-refractivity contribution in [3.05, 3.63) is 36.4 Å². The van der Waals surface area contributed by atoms with E-state index in [-0.39, 0.29) is 11.8 Å². The number of aryl methyl sites for hydroxylation is 1. The molecule has 128 valence electrons. The molecule has 24 heavy (non-hydrogen) atoms. The second-order valence-corrected chi connectivity index (χ2v) is 5.82. The largest absolute Gasteiger partial charge is 0.459 e. The Morgan fingerprint density at radius 1 is 1.25 bits per heavy atom. The smallest absolute Gasteiger partial charge is 0.289 e. The number of carbonyl (C=O) groups excluding carboxylic acids is 2. The molecule has 0 atom stereocenters. The van der Waals surface area contributed by atoms with Crippen molar-refractivity contribution in [2.45, 2.75) is 6.42 Å². The van der Waals surface area contributed by atoms with Crippen LogP contribution in [0.15, 0.2) is 35.1 Å². The van der Waals surface area contributed by atoms with Crippen molar-refractivity contribution < 1.29 is 14.0 Å². The van der Waals surface area contributed by atoms with Crippen LogP contribution < -0.4 is 5.32 Å². The third kappa shape index (κ3) is 4.02. The van der Waals surface area contributed by atoms with Gasteiger partial charge in [-0.3, -0.25) is 19.2 Å². The summed E-state index contributed by atoms with van der Waals surface area (Å²) >= 11 is 0. The molecule has 0 unspecified atom stereocenters. The minimum atomic E-state index is -0.0977. The zero-order valence-electron chi connectivity index (χ0n) is 13.6. The molecule has 0 aliphatic carbocycles. The summed E-state index contributed by atoms with van der Waals surface area (Å²) in [5.41, 5.74) is 0. The van der Waals surface area contributed by atoms with Gasteiger partial charge in [0.1, 0.15) is 0 Å². The number of aromatic nitrogens is 2. The average molecular weight is 331 g/mol. The number of hydrogen-bond donors (Lipinski definition) is 1. The Hall–Kier alpha value is -2.61. The van der Waals surface area contributed by atoms with Gasteiger partial charge in [-0.25, -0.2) is 0 Å². The molecule has 2 amide bonds. The zero-order valence-corrected chi connectivity index (χ0v) is 13.6. The summed E-state index contributed by atoms with van der Waals surface area (Å²) in [5.74, 6) is 0.711. The number of rotatable bonds is 4. The topological polar surface area (TPSA) is 83.6 Å². The van der Waals surface area contributed by atoms with Gasteiger partial charge in [0, 0.05) is 45.5 Å². The van der Waals surface area contributed by atoms with Crippen LogP contribution in [0.3, 0.4) is 0 Å². The maximum absolute atomic E-state index is 12.3. The zero-order chi connectivity index (χ0) is 16.9. The predicted octanol–water partition coefficient (Wildman–Crippen LogP) is 0.800. The Labute approximate surface area is 140 Å². The van der Waals surface area contributed by atoms with E-state index in [2.05, 4.69) is 10.4 Å². The van der Waals surface area contributed by atoms with Crippen molar-refractivity contribution in [1.29, 1.82) is 0 Å². The van der Waals surface area contributed by atoms with E-state index in [1.807, 2.05) is 4.90 Å². The van der Waals surface area contributed by atoms with Crippen LogP contribution in [-0.2, 0) is 11.8 Å². The SMILES string of the molecule is Cn1ccc(NC(=O)CN2CCCN(C(=O)c3ccco3)CC2)n1. The number of anilines is 1. The maximum atomic E-state index is 12.3. The average Bonchev–Trinajstić information content (AvgIpc) is 3.16. The third-order valence-electron chi connectivity index (χ3n) is 3.96. The van der Waals surface area contributed by atoms with Crippen molar-refractivity contribution >= 4 is 17.6 Å². The lowest BCUT2D eigenvalue weighted by Gasteiger charge is -2.20. The molecule has 1 aliphatic rings. The van der Waals surface area contributed by atoms with E-state index in [1.54, 1.807) is 41.0 Å². The fourth-order valence-electron chi connectivity index (χ4n) is 2.76. The molecule has 8 heteroatoms. The first-order valence-corrected chi connectivity index (χ1v) is 7.96. The third-order valence-corrected chi connectivity index (χ3v) is 3.96. The van der Waals surface area contributed by atoms with Gasteiger partial charge in [0.2, 0.25) is 5.91 Å². The Bertz CT molecular complexity index is 694. The minimum absolute atomic E-state index is 0.0974. The molecule has 0 aromatic carbocycles. The molecular weight excluding hydrogens is 310 g/mol. The van der Waals surface area contributed by atoms with Crippen LogP contribution in [0.4, 0.5) is 5.82 Å². The fraction of sp³-hybridized carbons (Fsp3) is 0.438. The van der Waals surface area contributed by atoms with Crippen LogP contribution in [0, 0.1) is 0 Å². The standard InChI is InChI=1S/C16H21N5O3/c1-19-8-5-14(18-19)17-15(22)12-20-6-3-7-21(10-9-20)16(23)13-4-2-11-24-13/h2,4-5,8,11H,3,6-7,9-10,12H2,1H3,(H,17,18,22). The van der Waals surface area contributed by atoms with E-state index in [0.29, 0.717) is 37.8 Å². The van der Waals surface area contributed by atoms with Gasteiger partial charge in [0.25, 0.3) is 5.91 Å². The molecule has 0 spiro atoms. The van der Waals surface area contributed by atoms with Crippen molar-refractivity contribution in [3.8, 4) is 0 Å². The highest BCUT2D eigenvalue weighted by Crippen LogP contribution is 2.10. The lowest BCUT2D eigenvalue weighted by Crippen LogP contribution is -2.38. The molecule has 2 aromatic rings.